The molecule has 0 aliphatic carbocycles. The number of rotatable bonds is 4. The lowest BCUT2D eigenvalue weighted by Crippen LogP contribution is -2.22. The zero-order valence-electron chi connectivity index (χ0n) is 10.3. The van der Waals surface area contributed by atoms with Gasteiger partial charge in [0.25, 0.3) is 5.91 Å². The molecule has 0 aromatic carbocycles. The Balaban J connectivity index is 2.02. The first-order chi connectivity index (χ1) is 9.20. The summed E-state index contributed by atoms with van der Waals surface area (Å²) < 4.78 is 4.99. The third kappa shape index (κ3) is 3.19. The van der Waals surface area contributed by atoms with Gasteiger partial charge in [0.1, 0.15) is 5.75 Å². The Morgan fingerprint density at radius 2 is 2.26 bits per heavy atom. The minimum Gasteiger partial charge on any atom is -0.505 e. The molecule has 6 heteroatoms. The highest BCUT2D eigenvalue weighted by atomic mass is 16.5. The fourth-order valence-corrected chi connectivity index (χ4v) is 1.53. The monoisotopic (exact) mass is 259 g/mol. The van der Waals surface area contributed by atoms with Crippen LogP contribution in [-0.2, 0) is 6.54 Å². The lowest BCUT2D eigenvalue weighted by molar-refractivity contribution is 0.0948. The molecule has 1 amide bonds. The van der Waals surface area contributed by atoms with Crippen molar-refractivity contribution in [1.29, 1.82) is 0 Å². The molecule has 2 aromatic heterocycles. The molecule has 0 unspecified atom stereocenters. The third-order valence-electron chi connectivity index (χ3n) is 2.51. The number of ether oxygens (including phenoxy) is 1. The molecule has 0 saturated heterocycles. The minimum absolute atomic E-state index is 0.146. The van der Waals surface area contributed by atoms with Gasteiger partial charge >= 0.3 is 0 Å². The maximum absolute atomic E-state index is 11.8. The normalized spacial score (nSPS) is 9.95. The molecule has 2 aromatic rings. The quantitative estimate of drug-likeness (QED) is 0.859. The molecule has 0 atom stereocenters. The largest absolute Gasteiger partial charge is 0.505 e. The van der Waals surface area contributed by atoms with Gasteiger partial charge in [-0.3, -0.25) is 9.78 Å². The van der Waals surface area contributed by atoms with Crippen LogP contribution in [0.15, 0.2) is 36.8 Å². The van der Waals surface area contributed by atoms with Gasteiger partial charge < -0.3 is 15.2 Å². The van der Waals surface area contributed by atoms with Crippen molar-refractivity contribution >= 4 is 5.91 Å². The van der Waals surface area contributed by atoms with E-state index in [1.165, 1.54) is 25.6 Å². The topological polar surface area (TPSA) is 84.3 Å². The molecule has 0 spiro atoms. The van der Waals surface area contributed by atoms with Gasteiger partial charge in [-0.2, -0.15) is 0 Å². The van der Waals surface area contributed by atoms with E-state index in [9.17, 15) is 9.90 Å². The Bertz CT molecular complexity index is 587. The summed E-state index contributed by atoms with van der Waals surface area (Å²) in [6.45, 7) is 0.319. The zero-order valence-corrected chi connectivity index (χ0v) is 10.3. The van der Waals surface area contributed by atoms with Crippen molar-refractivity contribution in [3.05, 3.63) is 47.9 Å². The number of methoxy groups -OCH3 is 1. The number of aromatic hydroxyl groups is 1. The van der Waals surface area contributed by atoms with Crippen LogP contribution in [0, 0.1) is 0 Å². The second kappa shape index (κ2) is 5.81. The fraction of sp³-hybridized carbons (Fsp3) is 0.154. The van der Waals surface area contributed by atoms with Crippen LogP contribution in [0.4, 0.5) is 0 Å². The number of hydrogen-bond acceptors (Lipinski definition) is 5. The Morgan fingerprint density at radius 1 is 1.42 bits per heavy atom. The summed E-state index contributed by atoms with van der Waals surface area (Å²) in [6.07, 6.45) is 4.28. The van der Waals surface area contributed by atoms with Crippen LogP contribution in [0.3, 0.4) is 0 Å². The number of aromatic nitrogens is 2. The van der Waals surface area contributed by atoms with Gasteiger partial charge in [-0.05, 0) is 17.7 Å². The van der Waals surface area contributed by atoms with Gasteiger partial charge in [-0.15, -0.1) is 0 Å². The highest BCUT2D eigenvalue weighted by molar-refractivity contribution is 5.96. The Labute approximate surface area is 110 Å². The summed E-state index contributed by atoms with van der Waals surface area (Å²) in [7, 11) is 1.53. The van der Waals surface area contributed by atoms with E-state index in [1.54, 1.807) is 18.3 Å². The number of carbonyl (C=O) groups excluding carboxylic acids is 1. The van der Waals surface area contributed by atoms with Crippen LogP contribution in [-0.4, -0.2) is 28.1 Å². The predicted octanol–water partition coefficient (Wildman–Crippen LogP) is 1.12. The first-order valence-corrected chi connectivity index (χ1v) is 5.61. The molecule has 0 saturated carbocycles. The summed E-state index contributed by atoms with van der Waals surface area (Å²) in [5, 5.41) is 12.2. The number of amides is 1. The van der Waals surface area contributed by atoms with E-state index < -0.39 is 0 Å². The molecule has 0 fully saturated rings. The van der Waals surface area contributed by atoms with Gasteiger partial charge in [0.05, 0.1) is 18.9 Å². The van der Waals surface area contributed by atoms with Crippen molar-refractivity contribution < 1.29 is 14.6 Å². The molecule has 2 N–H and O–H groups in total. The van der Waals surface area contributed by atoms with Crippen molar-refractivity contribution in [2.24, 2.45) is 0 Å². The van der Waals surface area contributed by atoms with E-state index in [-0.39, 0.29) is 17.2 Å². The second-order valence-electron chi connectivity index (χ2n) is 3.78. The molecule has 98 valence electrons. The second-order valence-corrected chi connectivity index (χ2v) is 3.78. The van der Waals surface area contributed by atoms with Gasteiger partial charge in [-0.25, -0.2) is 4.98 Å². The standard InChI is InChI=1S/C13H13N3O3/c1-19-12-6-9(2-5-15-12)7-16-13(18)10-3-4-14-8-11(10)17/h2-6,8,17H,7H2,1H3,(H,16,18). The third-order valence-corrected chi connectivity index (χ3v) is 2.51. The molecular formula is C13H13N3O3. The molecule has 0 aliphatic heterocycles. The number of carbonyl (C=O) groups is 1. The summed E-state index contributed by atoms with van der Waals surface area (Å²) >= 11 is 0. The van der Waals surface area contributed by atoms with Crippen LogP contribution in [0.1, 0.15) is 15.9 Å². The van der Waals surface area contributed by atoms with Gasteiger partial charge in [-0.1, -0.05) is 0 Å². The average Bonchev–Trinajstić information content (AvgIpc) is 2.45. The maximum Gasteiger partial charge on any atom is 0.255 e. The van der Waals surface area contributed by atoms with Crippen molar-refractivity contribution in [2.75, 3.05) is 7.11 Å². The number of hydrogen-bond donors (Lipinski definition) is 2. The van der Waals surface area contributed by atoms with Crippen LogP contribution < -0.4 is 10.1 Å². The Kier molecular flexibility index (Phi) is 3.92. The molecule has 2 heterocycles. The smallest absolute Gasteiger partial charge is 0.255 e. The van der Waals surface area contributed by atoms with Gasteiger partial charge in [0, 0.05) is 25.0 Å². The Hall–Kier alpha value is -2.63. The highest BCUT2D eigenvalue weighted by Crippen LogP contribution is 2.14. The highest BCUT2D eigenvalue weighted by Gasteiger charge is 2.10. The average molecular weight is 259 g/mol. The van der Waals surface area contributed by atoms with Crippen molar-refractivity contribution in [1.82, 2.24) is 15.3 Å². The first kappa shape index (κ1) is 12.8. The first-order valence-electron chi connectivity index (χ1n) is 5.61. The molecule has 0 aliphatic rings. The molecule has 2 rings (SSSR count). The van der Waals surface area contributed by atoms with Crippen LogP contribution in [0.5, 0.6) is 11.6 Å². The SMILES string of the molecule is COc1cc(CNC(=O)c2ccncc2O)ccn1. The zero-order chi connectivity index (χ0) is 13.7. The summed E-state index contributed by atoms with van der Waals surface area (Å²) in [5.41, 5.74) is 1.05. The predicted molar refractivity (Wildman–Crippen MR) is 67.9 cm³/mol. The summed E-state index contributed by atoms with van der Waals surface area (Å²) in [5.74, 6) is -0.0264. The van der Waals surface area contributed by atoms with Crippen LogP contribution in [0.25, 0.3) is 0 Å². The van der Waals surface area contributed by atoms with Crippen LogP contribution in [0.2, 0.25) is 0 Å². The van der Waals surface area contributed by atoms with E-state index in [4.69, 9.17) is 4.74 Å². The maximum atomic E-state index is 11.8. The summed E-state index contributed by atoms with van der Waals surface area (Å²) in [6, 6.07) is 4.96. The van der Waals surface area contributed by atoms with Crippen molar-refractivity contribution in [3.63, 3.8) is 0 Å². The Morgan fingerprint density at radius 3 is 3.00 bits per heavy atom. The van der Waals surface area contributed by atoms with Crippen molar-refractivity contribution in [3.8, 4) is 11.6 Å². The number of nitrogens with one attached hydrogen (secondary N) is 1. The van der Waals surface area contributed by atoms with E-state index in [0.29, 0.717) is 12.4 Å². The van der Waals surface area contributed by atoms with Gasteiger partial charge in [0.2, 0.25) is 5.88 Å². The minimum atomic E-state index is -0.365. The number of nitrogens with zero attached hydrogens (tertiary/aromatic N) is 2. The molecule has 0 bridgehead atoms. The molecular weight excluding hydrogens is 246 g/mol. The summed E-state index contributed by atoms with van der Waals surface area (Å²) in [4.78, 5) is 19.5. The van der Waals surface area contributed by atoms with E-state index in [1.807, 2.05) is 0 Å². The van der Waals surface area contributed by atoms with E-state index in [2.05, 4.69) is 15.3 Å². The van der Waals surface area contributed by atoms with E-state index in [0.717, 1.165) is 5.56 Å². The van der Waals surface area contributed by atoms with Crippen molar-refractivity contribution in [2.45, 2.75) is 6.54 Å². The fourth-order valence-electron chi connectivity index (χ4n) is 1.53. The lowest BCUT2D eigenvalue weighted by Gasteiger charge is -2.07. The molecule has 0 radical (unpaired) electrons. The number of pyridine rings is 2. The van der Waals surface area contributed by atoms with E-state index >= 15 is 0 Å². The van der Waals surface area contributed by atoms with Crippen LogP contribution >= 0.6 is 0 Å². The van der Waals surface area contributed by atoms with Gasteiger partial charge in [0.15, 0.2) is 0 Å². The molecule has 6 nitrogen and oxygen atoms in total. The molecule has 19 heavy (non-hydrogen) atoms. The lowest BCUT2D eigenvalue weighted by atomic mass is 10.2.